The number of fused-ring (bicyclic) bond motifs is 5. The quantitative estimate of drug-likeness (QED) is 0.548. The molecule has 0 atom stereocenters. The van der Waals surface area contributed by atoms with Crippen LogP contribution in [0.5, 0.6) is 0 Å². The molecule has 1 saturated heterocycles. The zero-order chi connectivity index (χ0) is 16.6. The Morgan fingerprint density at radius 2 is 2.12 bits per heavy atom. The molecule has 0 aromatic carbocycles. The van der Waals surface area contributed by atoms with Crippen LogP contribution in [0.2, 0.25) is 0 Å². The van der Waals surface area contributed by atoms with Gasteiger partial charge in [0.1, 0.15) is 24.2 Å². The summed E-state index contributed by atoms with van der Waals surface area (Å²) in [4.78, 5) is 13.8. The first-order valence-electron chi connectivity index (χ1n) is 9.08. The van der Waals surface area contributed by atoms with Gasteiger partial charge in [-0.1, -0.05) is 11.8 Å². The fourth-order valence-electron chi connectivity index (χ4n) is 3.84. The molecule has 1 fully saturated rings. The molecular formula is C17H22N5OS2+. The molecule has 2 aliphatic rings. The third kappa shape index (κ3) is 2.95. The van der Waals surface area contributed by atoms with E-state index in [2.05, 4.69) is 10.1 Å². The third-order valence-corrected chi connectivity index (χ3v) is 7.31. The largest absolute Gasteiger partial charge is 0.370 e. The molecule has 1 N–H and O–H groups in total. The highest BCUT2D eigenvalue weighted by molar-refractivity contribution is 7.99. The molecule has 0 unspecified atom stereocenters. The first-order chi connectivity index (χ1) is 12.4. The van der Waals surface area contributed by atoms with Crippen LogP contribution in [0.15, 0.2) is 11.5 Å². The van der Waals surface area contributed by atoms with E-state index in [-0.39, 0.29) is 0 Å². The topological polar surface area (TPSA) is 56.8 Å². The van der Waals surface area contributed by atoms with E-state index >= 15 is 0 Å². The lowest BCUT2D eigenvalue weighted by Gasteiger charge is -2.23. The number of hydrogen-bond donors (Lipinski definition) is 1. The van der Waals surface area contributed by atoms with Gasteiger partial charge in [-0.2, -0.15) is 9.61 Å². The van der Waals surface area contributed by atoms with Crippen LogP contribution >= 0.6 is 23.1 Å². The minimum absolute atomic E-state index is 0.887. The van der Waals surface area contributed by atoms with Crippen molar-refractivity contribution in [1.29, 1.82) is 0 Å². The Bertz CT molecular complexity index is 899. The molecule has 0 radical (unpaired) electrons. The van der Waals surface area contributed by atoms with Crippen LogP contribution in [-0.2, 0) is 17.6 Å². The van der Waals surface area contributed by atoms with Gasteiger partial charge in [-0.3, -0.25) is 0 Å². The molecule has 1 aliphatic heterocycles. The summed E-state index contributed by atoms with van der Waals surface area (Å²) in [5, 5.41) is 6.69. The number of nitrogens with zero attached hydrogens (tertiary/aromatic N) is 4. The van der Waals surface area contributed by atoms with Crippen molar-refractivity contribution in [2.45, 2.75) is 30.8 Å². The zero-order valence-electron chi connectivity index (χ0n) is 14.2. The van der Waals surface area contributed by atoms with Gasteiger partial charge in [0.25, 0.3) is 0 Å². The van der Waals surface area contributed by atoms with Crippen molar-refractivity contribution < 1.29 is 9.64 Å². The van der Waals surface area contributed by atoms with E-state index in [1.54, 1.807) is 23.0 Å². The molecule has 25 heavy (non-hydrogen) atoms. The summed E-state index contributed by atoms with van der Waals surface area (Å²) < 4.78 is 7.39. The van der Waals surface area contributed by atoms with E-state index in [0.717, 1.165) is 60.7 Å². The van der Waals surface area contributed by atoms with Crippen LogP contribution in [0.25, 0.3) is 15.9 Å². The van der Waals surface area contributed by atoms with Gasteiger partial charge in [0.15, 0.2) is 10.8 Å². The summed E-state index contributed by atoms with van der Waals surface area (Å²) in [7, 11) is 0. The highest BCUT2D eigenvalue weighted by Gasteiger charge is 2.22. The van der Waals surface area contributed by atoms with Gasteiger partial charge < -0.3 is 9.64 Å². The zero-order valence-corrected chi connectivity index (χ0v) is 15.8. The van der Waals surface area contributed by atoms with Crippen LogP contribution < -0.4 is 4.90 Å². The molecule has 0 saturated carbocycles. The molecule has 3 aromatic rings. The summed E-state index contributed by atoms with van der Waals surface area (Å²) in [5.74, 6) is 1.05. The number of quaternary nitrogens is 1. The molecule has 1 aliphatic carbocycles. The average molecular weight is 377 g/mol. The van der Waals surface area contributed by atoms with E-state index < -0.39 is 0 Å². The summed E-state index contributed by atoms with van der Waals surface area (Å²) >= 11 is 3.67. The Labute approximate surface area is 154 Å². The minimum Gasteiger partial charge on any atom is -0.370 e. The van der Waals surface area contributed by atoms with Crippen molar-refractivity contribution in [1.82, 2.24) is 19.6 Å². The first kappa shape index (κ1) is 16.0. The number of nitrogens with one attached hydrogen (secondary N) is 1. The van der Waals surface area contributed by atoms with E-state index in [9.17, 15) is 0 Å². The van der Waals surface area contributed by atoms with E-state index in [1.165, 1.54) is 35.1 Å². The lowest BCUT2D eigenvalue weighted by atomic mass is 9.97. The summed E-state index contributed by atoms with van der Waals surface area (Å²) in [6, 6.07) is 0. The molecule has 0 bridgehead atoms. The summed E-state index contributed by atoms with van der Waals surface area (Å²) in [6.45, 7) is 5.15. The predicted octanol–water partition coefficient (Wildman–Crippen LogP) is 1.22. The van der Waals surface area contributed by atoms with Crippen LogP contribution in [0.4, 0.5) is 0 Å². The van der Waals surface area contributed by atoms with Crippen molar-refractivity contribution in [3.63, 3.8) is 0 Å². The maximum absolute atomic E-state index is 5.44. The molecule has 8 heteroatoms. The Hall–Kier alpha value is -1.22. The molecule has 3 aromatic heterocycles. The predicted molar refractivity (Wildman–Crippen MR) is 99.9 cm³/mol. The second-order valence-corrected chi connectivity index (χ2v) is 8.89. The maximum atomic E-state index is 5.44. The molecule has 0 spiro atoms. The SMILES string of the molecule is c1nc2c3c4c(sc3nc(SCC[NH+]3CCOCC3)n2n1)CCCC4. The van der Waals surface area contributed by atoms with Gasteiger partial charge in [0.05, 0.1) is 30.9 Å². The normalized spacial score (nSPS) is 18.9. The number of hydrogen-bond acceptors (Lipinski definition) is 6. The van der Waals surface area contributed by atoms with Crippen molar-refractivity contribution in [3.8, 4) is 0 Å². The molecule has 0 amide bonds. The van der Waals surface area contributed by atoms with Crippen molar-refractivity contribution in [3.05, 3.63) is 16.8 Å². The van der Waals surface area contributed by atoms with Crippen LogP contribution in [0.1, 0.15) is 23.3 Å². The number of thiophene rings is 1. The lowest BCUT2D eigenvalue weighted by Crippen LogP contribution is -3.14. The molecule has 132 valence electrons. The second-order valence-electron chi connectivity index (χ2n) is 6.74. The minimum atomic E-state index is 0.887. The van der Waals surface area contributed by atoms with Crippen LogP contribution in [0.3, 0.4) is 0 Å². The van der Waals surface area contributed by atoms with Crippen molar-refractivity contribution in [2.75, 3.05) is 38.6 Å². The maximum Gasteiger partial charge on any atom is 0.192 e. The Kier molecular flexibility index (Phi) is 4.37. The fourth-order valence-corrected chi connectivity index (χ4v) is 6.14. The molecule has 6 nitrogen and oxygen atoms in total. The standard InChI is InChI=1S/C17H21N5OS2/c1-2-4-13-12(3-1)14-15-18-11-19-22(15)17(20-16(14)25-13)24-10-7-21-5-8-23-9-6-21/h11H,1-10H2/p+1. The van der Waals surface area contributed by atoms with Gasteiger partial charge in [0.2, 0.25) is 0 Å². The third-order valence-electron chi connectivity index (χ3n) is 5.19. The Balaban J connectivity index is 1.44. The van der Waals surface area contributed by atoms with Crippen molar-refractivity contribution >= 4 is 39.0 Å². The number of thioether (sulfide) groups is 1. The highest BCUT2D eigenvalue weighted by Crippen LogP contribution is 2.38. The van der Waals surface area contributed by atoms with Crippen LogP contribution in [0, 0.1) is 0 Å². The number of morpholine rings is 1. The number of rotatable bonds is 4. The van der Waals surface area contributed by atoms with Gasteiger partial charge in [-0.05, 0) is 31.2 Å². The summed E-state index contributed by atoms with van der Waals surface area (Å²) in [6.07, 6.45) is 6.59. The van der Waals surface area contributed by atoms with Crippen molar-refractivity contribution in [2.24, 2.45) is 0 Å². The lowest BCUT2D eigenvalue weighted by molar-refractivity contribution is -0.905. The average Bonchev–Trinajstić information content (AvgIpc) is 3.26. The van der Waals surface area contributed by atoms with Gasteiger partial charge in [-0.25, -0.2) is 9.97 Å². The highest BCUT2D eigenvalue weighted by atomic mass is 32.2. The Morgan fingerprint density at radius 1 is 1.24 bits per heavy atom. The fraction of sp³-hybridized carbons (Fsp3) is 0.588. The van der Waals surface area contributed by atoms with E-state index in [4.69, 9.17) is 9.72 Å². The number of aryl methyl sites for hydroxylation is 2. The first-order valence-corrected chi connectivity index (χ1v) is 10.9. The monoisotopic (exact) mass is 376 g/mol. The smallest absolute Gasteiger partial charge is 0.192 e. The summed E-state index contributed by atoms with van der Waals surface area (Å²) in [5.41, 5.74) is 2.47. The number of ether oxygens (including phenoxy) is 1. The van der Waals surface area contributed by atoms with Gasteiger partial charge in [0, 0.05) is 4.88 Å². The molecule has 5 rings (SSSR count). The van der Waals surface area contributed by atoms with Crippen LogP contribution in [-0.4, -0.2) is 58.2 Å². The van der Waals surface area contributed by atoms with E-state index in [0.29, 0.717) is 0 Å². The van der Waals surface area contributed by atoms with E-state index in [1.807, 2.05) is 15.9 Å². The van der Waals surface area contributed by atoms with Gasteiger partial charge >= 0.3 is 0 Å². The molecular weight excluding hydrogens is 354 g/mol. The second kappa shape index (κ2) is 6.83. The number of aromatic nitrogens is 4. The molecule has 4 heterocycles. The Morgan fingerprint density at radius 3 is 3.04 bits per heavy atom. The van der Waals surface area contributed by atoms with Gasteiger partial charge in [-0.15, -0.1) is 11.3 Å².